The topological polar surface area (TPSA) is 52.2 Å². The molecule has 6 heteroatoms. The zero-order valence-electron chi connectivity index (χ0n) is 17.3. The average molecular weight is 404 g/mol. The predicted molar refractivity (Wildman–Crippen MR) is 116 cm³/mol. The second-order valence-electron chi connectivity index (χ2n) is 8.33. The summed E-state index contributed by atoms with van der Waals surface area (Å²) in [5.41, 5.74) is 4.09. The molecule has 0 N–H and O–H groups in total. The summed E-state index contributed by atoms with van der Waals surface area (Å²) in [5.74, 6) is 0.219. The van der Waals surface area contributed by atoms with Crippen molar-refractivity contribution in [3.05, 3.63) is 64.6 Å². The highest BCUT2D eigenvalue weighted by molar-refractivity contribution is 5.86. The maximum atomic E-state index is 13.4. The van der Waals surface area contributed by atoms with Gasteiger partial charge in [0, 0.05) is 24.0 Å². The first-order chi connectivity index (χ1) is 14.6. The van der Waals surface area contributed by atoms with Crippen LogP contribution in [0.4, 0.5) is 4.39 Å². The fourth-order valence-corrected chi connectivity index (χ4v) is 4.86. The maximum absolute atomic E-state index is 13.4. The van der Waals surface area contributed by atoms with Crippen molar-refractivity contribution in [3.8, 4) is 11.1 Å². The zero-order chi connectivity index (χ0) is 20.8. The molecule has 1 aliphatic carbocycles. The third-order valence-corrected chi connectivity index (χ3v) is 6.50. The Kier molecular flexibility index (Phi) is 4.65. The molecule has 0 aliphatic heterocycles. The number of pyridine rings is 1. The number of fused-ring (bicyclic) bond motifs is 3. The number of hydrogen-bond acceptors (Lipinski definition) is 3. The summed E-state index contributed by atoms with van der Waals surface area (Å²) in [4.78, 5) is 18.0. The molecule has 1 aromatic carbocycles. The largest absolute Gasteiger partial charge is 0.312 e. The van der Waals surface area contributed by atoms with Gasteiger partial charge in [0.1, 0.15) is 5.82 Å². The number of aromatic nitrogens is 4. The van der Waals surface area contributed by atoms with Gasteiger partial charge in [0.25, 0.3) is 5.56 Å². The van der Waals surface area contributed by atoms with Crippen LogP contribution in [0.5, 0.6) is 0 Å². The van der Waals surface area contributed by atoms with Crippen LogP contribution in [0.1, 0.15) is 51.3 Å². The molecule has 3 aromatic heterocycles. The predicted octanol–water partition coefficient (Wildman–Crippen LogP) is 5.16. The third kappa shape index (κ3) is 2.93. The molecular weight excluding hydrogens is 379 g/mol. The molecule has 0 bridgehead atoms. The quantitative estimate of drug-likeness (QED) is 0.474. The van der Waals surface area contributed by atoms with Gasteiger partial charge in [-0.05, 0) is 48.9 Å². The van der Waals surface area contributed by atoms with Gasteiger partial charge < -0.3 is 4.57 Å². The Morgan fingerprint density at radius 2 is 1.90 bits per heavy atom. The zero-order valence-corrected chi connectivity index (χ0v) is 17.3. The van der Waals surface area contributed by atoms with E-state index in [1.807, 2.05) is 23.8 Å². The van der Waals surface area contributed by atoms with Crippen molar-refractivity contribution in [2.75, 3.05) is 0 Å². The number of halogens is 1. The summed E-state index contributed by atoms with van der Waals surface area (Å²) in [6.07, 6.45) is 8.91. The number of aryl methyl sites for hydroxylation is 1. The molecule has 0 saturated heterocycles. The monoisotopic (exact) mass is 404 g/mol. The van der Waals surface area contributed by atoms with E-state index in [4.69, 9.17) is 5.10 Å². The Morgan fingerprint density at radius 1 is 1.13 bits per heavy atom. The number of nitrogens with zero attached hydrogens (tertiary/aromatic N) is 4. The summed E-state index contributed by atoms with van der Waals surface area (Å²) in [7, 11) is 0. The van der Waals surface area contributed by atoms with Gasteiger partial charge in [0.15, 0.2) is 5.65 Å². The Balaban J connectivity index is 1.72. The molecule has 0 amide bonds. The summed E-state index contributed by atoms with van der Waals surface area (Å²) in [5, 5.41) is 5.35. The van der Waals surface area contributed by atoms with Crippen molar-refractivity contribution in [2.24, 2.45) is 5.92 Å². The van der Waals surface area contributed by atoms with Crippen molar-refractivity contribution in [3.63, 3.8) is 0 Å². The molecule has 154 valence electrons. The molecule has 5 rings (SSSR count). The molecule has 3 heterocycles. The lowest BCUT2D eigenvalue weighted by Crippen LogP contribution is -2.30. The van der Waals surface area contributed by atoms with Crippen molar-refractivity contribution in [1.82, 2.24) is 19.2 Å². The number of rotatable bonds is 3. The second kappa shape index (κ2) is 7.35. The van der Waals surface area contributed by atoms with Crippen LogP contribution < -0.4 is 5.56 Å². The van der Waals surface area contributed by atoms with Crippen LogP contribution in [-0.2, 0) is 6.42 Å². The normalized spacial score (nSPS) is 19.6. The van der Waals surface area contributed by atoms with Gasteiger partial charge in [-0.1, -0.05) is 38.8 Å². The fourth-order valence-electron chi connectivity index (χ4n) is 4.86. The molecule has 4 aromatic rings. The first-order valence-electron chi connectivity index (χ1n) is 10.8. The Morgan fingerprint density at radius 3 is 2.63 bits per heavy atom. The first kappa shape index (κ1) is 19.0. The van der Waals surface area contributed by atoms with E-state index >= 15 is 0 Å². The smallest absolute Gasteiger partial charge is 0.261 e. The Bertz CT molecular complexity index is 1290. The van der Waals surface area contributed by atoms with Gasteiger partial charge in [-0.15, -0.1) is 0 Å². The molecule has 1 aliphatic rings. The molecule has 0 radical (unpaired) electrons. The van der Waals surface area contributed by atoms with E-state index in [1.54, 1.807) is 22.8 Å². The minimum atomic E-state index is -0.274. The first-order valence-corrected chi connectivity index (χ1v) is 10.8. The lowest BCUT2D eigenvalue weighted by Gasteiger charge is -2.30. The molecular formula is C24H25FN4O. The van der Waals surface area contributed by atoms with Crippen molar-refractivity contribution in [1.29, 1.82) is 0 Å². The van der Waals surface area contributed by atoms with E-state index in [0.717, 1.165) is 41.6 Å². The third-order valence-electron chi connectivity index (χ3n) is 6.50. The van der Waals surface area contributed by atoms with E-state index in [9.17, 15) is 9.18 Å². The van der Waals surface area contributed by atoms with Crippen LogP contribution in [0, 0.1) is 11.7 Å². The lowest BCUT2D eigenvalue weighted by molar-refractivity contribution is 0.253. The molecule has 5 nitrogen and oxygen atoms in total. The van der Waals surface area contributed by atoms with Gasteiger partial charge in [0.05, 0.1) is 16.6 Å². The number of benzene rings is 1. The van der Waals surface area contributed by atoms with Crippen molar-refractivity contribution in [2.45, 2.75) is 52.0 Å². The van der Waals surface area contributed by atoms with E-state index in [1.165, 1.54) is 18.6 Å². The second-order valence-corrected chi connectivity index (χ2v) is 8.33. The van der Waals surface area contributed by atoms with Crippen LogP contribution in [-0.4, -0.2) is 19.2 Å². The summed E-state index contributed by atoms with van der Waals surface area (Å²) >= 11 is 0. The highest BCUT2D eigenvalue weighted by atomic mass is 19.1. The van der Waals surface area contributed by atoms with Gasteiger partial charge in [-0.25, -0.2) is 13.9 Å². The summed E-state index contributed by atoms with van der Waals surface area (Å²) in [6, 6.07) is 8.62. The lowest BCUT2D eigenvalue weighted by atomic mass is 9.85. The highest BCUT2D eigenvalue weighted by Crippen LogP contribution is 2.33. The molecule has 0 spiro atoms. The molecule has 0 unspecified atom stereocenters. The standard InChI is InChI=1S/C24H25FN4O/c1-3-19-22(16-8-10-17(25)11-9-16)23-26-14-18-21(29(23)27-19)12-13-28(24(18)30)20-7-5-4-6-15(20)2/h8-15,20H,3-7H2,1-2H3/t15-,20+/m0/s1. The van der Waals surface area contributed by atoms with E-state index in [0.29, 0.717) is 23.4 Å². The summed E-state index contributed by atoms with van der Waals surface area (Å²) < 4.78 is 17.1. The summed E-state index contributed by atoms with van der Waals surface area (Å²) in [6.45, 7) is 4.27. The van der Waals surface area contributed by atoms with Gasteiger partial charge >= 0.3 is 0 Å². The molecule has 30 heavy (non-hydrogen) atoms. The number of hydrogen-bond donors (Lipinski definition) is 0. The van der Waals surface area contributed by atoms with E-state index in [-0.39, 0.29) is 17.4 Å². The van der Waals surface area contributed by atoms with Gasteiger partial charge in [-0.3, -0.25) is 4.79 Å². The fraction of sp³-hybridized carbons (Fsp3) is 0.375. The van der Waals surface area contributed by atoms with Crippen LogP contribution >= 0.6 is 0 Å². The van der Waals surface area contributed by atoms with Crippen LogP contribution in [0.3, 0.4) is 0 Å². The molecule has 2 atom stereocenters. The van der Waals surface area contributed by atoms with E-state index < -0.39 is 0 Å². The minimum Gasteiger partial charge on any atom is -0.312 e. The van der Waals surface area contributed by atoms with Crippen LogP contribution in [0.25, 0.3) is 27.7 Å². The molecule has 1 fully saturated rings. The van der Waals surface area contributed by atoms with Crippen molar-refractivity contribution < 1.29 is 4.39 Å². The van der Waals surface area contributed by atoms with Gasteiger partial charge in [0.2, 0.25) is 0 Å². The van der Waals surface area contributed by atoms with E-state index in [2.05, 4.69) is 11.9 Å². The van der Waals surface area contributed by atoms with Crippen LogP contribution in [0.2, 0.25) is 0 Å². The average Bonchev–Trinajstić information content (AvgIpc) is 3.14. The Hall–Kier alpha value is -3.02. The maximum Gasteiger partial charge on any atom is 0.261 e. The van der Waals surface area contributed by atoms with Crippen molar-refractivity contribution >= 4 is 16.6 Å². The minimum absolute atomic E-state index is 0.00229. The SMILES string of the molecule is CCc1nn2c(ncc3c(=O)n([C@@H]4CCCC[C@@H]4C)ccc32)c1-c1ccc(F)cc1. The van der Waals surface area contributed by atoms with Gasteiger partial charge in [-0.2, -0.15) is 5.10 Å². The van der Waals surface area contributed by atoms with Crippen LogP contribution in [0.15, 0.2) is 47.5 Å². The molecule has 1 saturated carbocycles. The highest BCUT2D eigenvalue weighted by Gasteiger charge is 2.25. The Labute approximate surface area is 174 Å².